The number of carbonyl (C=O) groups is 4. The lowest BCUT2D eigenvalue weighted by atomic mass is 9.49. The highest BCUT2D eigenvalue weighted by Gasteiger charge is 2.51. The Hall–Kier alpha value is -4.44. The van der Waals surface area contributed by atoms with Crippen LogP contribution < -0.4 is 5.32 Å². The summed E-state index contributed by atoms with van der Waals surface area (Å²) in [6, 6.07) is 14.0. The first-order valence-electron chi connectivity index (χ1n) is 20.7. The topological polar surface area (TPSA) is 115 Å². The zero-order valence-electron chi connectivity index (χ0n) is 32.4. The second kappa shape index (κ2) is 16.0. The Morgan fingerprint density at radius 2 is 1.56 bits per heavy atom. The van der Waals surface area contributed by atoms with E-state index in [2.05, 4.69) is 21.8 Å². The van der Waals surface area contributed by atoms with Crippen molar-refractivity contribution in [2.45, 2.75) is 89.1 Å². The Kier molecular flexibility index (Phi) is 10.9. The lowest BCUT2D eigenvalue weighted by Gasteiger charge is -2.56. The molecule has 1 saturated heterocycles. The molecule has 6 aliphatic rings. The molecule has 5 fully saturated rings. The fourth-order valence-corrected chi connectivity index (χ4v) is 11.4. The molecule has 292 valence electrons. The molecule has 2 atom stereocenters. The molecule has 10 heteroatoms. The van der Waals surface area contributed by atoms with Gasteiger partial charge < -0.3 is 24.8 Å². The largest absolute Gasteiger partial charge is 0.467 e. The maximum absolute atomic E-state index is 13.6. The number of methoxy groups -OCH3 is 1. The number of fused-ring (bicyclic) bond motifs is 3. The summed E-state index contributed by atoms with van der Waals surface area (Å²) in [6.45, 7) is 8.59. The molecule has 9 rings (SSSR count). The Bertz CT molecular complexity index is 1870. The molecule has 2 aliphatic heterocycles. The number of rotatable bonds is 13. The molecule has 1 aromatic heterocycles. The predicted molar refractivity (Wildman–Crippen MR) is 212 cm³/mol. The van der Waals surface area contributed by atoms with Crippen molar-refractivity contribution in [3.63, 3.8) is 0 Å². The summed E-state index contributed by atoms with van der Waals surface area (Å²) < 4.78 is 5.17. The molecular formula is C45H57N5O5. The number of amides is 3. The van der Waals surface area contributed by atoms with E-state index in [-0.39, 0.29) is 17.7 Å². The Balaban J connectivity index is 0.799. The monoisotopic (exact) mass is 747 g/mol. The second-order valence-corrected chi connectivity index (χ2v) is 17.3. The van der Waals surface area contributed by atoms with Crippen LogP contribution in [0.1, 0.15) is 104 Å². The van der Waals surface area contributed by atoms with Crippen LogP contribution in [-0.4, -0.2) is 95.8 Å². The summed E-state index contributed by atoms with van der Waals surface area (Å²) in [5.41, 5.74) is 4.46. The zero-order chi connectivity index (χ0) is 38.1. The van der Waals surface area contributed by atoms with Crippen LogP contribution in [0.5, 0.6) is 0 Å². The second-order valence-electron chi connectivity index (χ2n) is 17.3. The van der Waals surface area contributed by atoms with E-state index in [0.29, 0.717) is 30.5 Å². The van der Waals surface area contributed by atoms with Gasteiger partial charge >= 0.3 is 5.97 Å². The predicted octanol–water partition coefficient (Wildman–Crippen LogP) is 6.41. The number of ether oxygens (including phenoxy) is 1. The van der Waals surface area contributed by atoms with Crippen LogP contribution in [0.2, 0.25) is 0 Å². The highest BCUT2D eigenvalue weighted by Crippen LogP contribution is 2.61. The van der Waals surface area contributed by atoms with Crippen LogP contribution in [0.25, 0.3) is 10.9 Å². The van der Waals surface area contributed by atoms with Gasteiger partial charge in [0.25, 0.3) is 5.91 Å². The van der Waals surface area contributed by atoms with Crippen molar-refractivity contribution < 1.29 is 23.9 Å². The van der Waals surface area contributed by atoms with Crippen LogP contribution in [0, 0.1) is 23.2 Å². The van der Waals surface area contributed by atoms with Crippen LogP contribution in [0.3, 0.4) is 0 Å². The van der Waals surface area contributed by atoms with Gasteiger partial charge in [0, 0.05) is 67.7 Å². The highest BCUT2D eigenvalue weighted by atomic mass is 16.5. The summed E-state index contributed by atoms with van der Waals surface area (Å²) >= 11 is 0. The van der Waals surface area contributed by atoms with Gasteiger partial charge in [-0.25, -0.2) is 4.79 Å². The number of aromatic amines is 1. The van der Waals surface area contributed by atoms with Gasteiger partial charge in [0.2, 0.25) is 11.8 Å². The Morgan fingerprint density at radius 1 is 0.891 bits per heavy atom. The maximum Gasteiger partial charge on any atom is 0.328 e. The molecule has 4 bridgehead atoms. The number of piperazine rings is 1. The number of nitrogens with zero attached hydrogens (tertiary/aromatic N) is 3. The number of hydrogen-bond acceptors (Lipinski definition) is 6. The molecule has 2 N–H and O–H groups in total. The van der Waals surface area contributed by atoms with E-state index in [1.165, 1.54) is 51.7 Å². The van der Waals surface area contributed by atoms with Crippen molar-refractivity contribution in [3.8, 4) is 0 Å². The SMILES string of the molecule is C=CC(=O)N1[C@@H](c2ccc(C(=O)N3CCN(CCCCCCNC(=O)CC45CC6CC(CC(C6)C4)C5)CC3)cc2)c2[nH]c3ccccc3c2C[C@@H]1C(=O)OC. The number of para-hydroxylation sites is 1. The van der Waals surface area contributed by atoms with Gasteiger partial charge in [-0.15, -0.1) is 0 Å². The number of unbranched alkanes of at least 4 members (excludes halogenated alkanes) is 3. The van der Waals surface area contributed by atoms with Gasteiger partial charge in [-0.1, -0.05) is 49.8 Å². The number of esters is 1. The molecule has 4 aliphatic carbocycles. The summed E-state index contributed by atoms with van der Waals surface area (Å²) in [4.78, 5) is 62.4. The molecule has 0 radical (unpaired) electrons. The fourth-order valence-electron chi connectivity index (χ4n) is 11.4. The highest BCUT2D eigenvalue weighted by molar-refractivity contribution is 5.96. The van der Waals surface area contributed by atoms with Gasteiger partial charge in [0.15, 0.2) is 0 Å². The van der Waals surface area contributed by atoms with Gasteiger partial charge in [0.05, 0.1) is 13.2 Å². The first-order chi connectivity index (χ1) is 26.7. The molecule has 0 unspecified atom stereocenters. The van der Waals surface area contributed by atoms with Crippen LogP contribution in [-0.2, 0) is 25.5 Å². The molecular weight excluding hydrogens is 691 g/mol. The number of hydrogen-bond donors (Lipinski definition) is 2. The lowest BCUT2D eigenvalue weighted by Crippen LogP contribution is -2.51. The van der Waals surface area contributed by atoms with Crippen LogP contribution in [0.15, 0.2) is 61.2 Å². The van der Waals surface area contributed by atoms with E-state index in [1.54, 1.807) is 4.90 Å². The third-order valence-corrected chi connectivity index (χ3v) is 13.6. The molecule has 0 spiro atoms. The van der Waals surface area contributed by atoms with Crippen LogP contribution >= 0.6 is 0 Å². The van der Waals surface area contributed by atoms with E-state index >= 15 is 0 Å². The van der Waals surface area contributed by atoms with Crippen molar-refractivity contribution in [2.24, 2.45) is 23.2 Å². The Morgan fingerprint density at radius 3 is 2.24 bits per heavy atom. The zero-order valence-corrected chi connectivity index (χ0v) is 32.4. The molecule has 4 saturated carbocycles. The van der Waals surface area contributed by atoms with Crippen LogP contribution in [0.4, 0.5) is 0 Å². The van der Waals surface area contributed by atoms with E-state index < -0.39 is 18.1 Å². The van der Waals surface area contributed by atoms with Gasteiger partial charge in [-0.05, 0) is 116 Å². The van der Waals surface area contributed by atoms with Gasteiger partial charge in [-0.2, -0.15) is 0 Å². The molecule has 2 aromatic carbocycles. The minimum atomic E-state index is -0.821. The van der Waals surface area contributed by atoms with Crippen molar-refractivity contribution in [3.05, 3.63) is 83.6 Å². The van der Waals surface area contributed by atoms with Crippen molar-refractivity contribution in [1.29, 1.82) is 0 Å². The van der Waals surface area contributed by atoms with Gasteiger partial charge in [0.1, 0.15) is 6.04 Å². The average Bonchev–Trinajstić information content (AvgIpc) is 3.57. The lowest BCUT2D eigenvalue weighted by molar-refractivity contribution is -0.153. The summed E-state index contributed by atoms with van der Waals surface area (Å²) in [5.74, 6) is 2.09. The standard InChI is InChI=1S/C45H57N5O5/c1-3-40(52)50-38(44(54)55-2)25-36-35-10-6-7-11-37(35)47-41(36)42(50)33-12-14-34(15-13-33)43(53)49-20-18-48(19-21-49)17-9-5-4-8-16-46-39(51)29-45-26-30-22-31(27-45)24-32(23-30)28-45/h3,6-7,10-15,30-32,38,42,47H,1,4-5,8-9,16-29H2,2H3,(H,46,51)/t30?,31?,32?,38-,42+,45?/m1/s1. The number of carbonyl (C=O) groups excluding carboxylic acids is 4. The first-order valence-corrected chi connectivity index (χ1v) is 20.7. The molecule has 55 heavy (non-hydrogen) atoms. The third kappa shape index (κ3) is 7.71. The third-order valence-electron chi connectivity index (χ3n) is 13.6. The summed E-state index contributed by atoms with van der Waals surface area (Å²) in [5, 5.41) is 4.26. The van der Waals surface area contributed by atoms with E-state index in [9.17, 15) is 19.2 Å². The summed E-state index contributed by atoms with van der Waals surface area (Å²) in [7, 11) is 1.34. The number of H-pyrrole nitrogens is 1. The minimum absolute atomic E-state index is 0.00199. The quantitative estimate of drug-likeness (QED) is 0.119. The number of nitrogens with one attached hydrogen (secondary N) is 2. The number of benzene rings is 2. The molecule has 3 heterocycles. The molecule has 3 aromatic rings. The maximum atomic E-state index is 13.6. The van der Waals surface area contributed by atoms with E-state index in [4.69, 9.17) is 4.74 Å². The van der Waals surface area contributed by atoms with E-state index in [1.807, 2.05) is 53.4 Å². The molecule has 3 amide bonds. The summed E-state index contributed by atoms with van der Waals surface area (Å²) in [6.07, 6.45) is 14.9. The first kappa shape index (κ1) is 37.5. The van der Waals surface area contributed by atoms with E-state index in [0.717, 1.165) is 104 Å². The average molecular weight is 748 g/mol. The minimum Gasteiger partial charge on any atom is -0.467 e. The smallest absolute Gasteiger partial charge is 0.328 e. The Labute approximate surface area is 325 Å². The molecule has 10 nitrogen and oxygen atoms in total. The normalized spacial score (nSPS) is 27.2. The van der Waals surface area contributed by atoms with Crippen molar-refractivity contribution in [1.82, 2.24) is 25.0 Å². The number of aromatic nitrogens is 1. The van der Waals surface area contributed by atoms with Crippen molar-refractivity contribution >= 4 is 34.6 Å². The van der Waals surface area contributed by atoms with Gasteiger partial charge in [-0.3, -0.25) is 19.3 Å². The fraction of sp³-hybridized carbons (Fsp3) is 0.556. The van der Waals surface area contributed by atoms with Crippen molar-refractivity contribution in [2.75, 3.05) is 46.4 Å².